The number of benzene rings is 3. The largest absolute Gasteiger partial charge is 0.497 e. The van der Waals surface area contributed by atoms with E-state index < -0.39 is 37.0 Å². The second kappa shape index (κ2) is 21.2. The Bertz CT molecular complexity index is 1960. The SMILES string of the molecule is CCCCCCCCN1C[C@H](n2cc(C)c(=O)[nH]c2=O)O[C@@](COC(c2ccccc2)(c2ccc(OC)cc2)c2ccc(OC)cc2)(CO[Si](C(C)C)(C(C)C)C(C)C)C1. The van der Waals surface area contributed by atoms with Crippen LogP contribution in [0, 0.1) is 6.92 Å². The number of rotatable bonds is 22. The third-order valence-electron chi connectivity index (χ3n) is 12.6. The van der Waals surface area contributed by atoms with Gasteiger partial charge in [0, 0.05) is 24.8 Å². The minimum atomic E-state index is -2.44. The van der Waals surface area contributed by atoms with Crippen LogP contribution in [0.5, 0.6) is 11.5 Å². The molecule has 0 bridgehead atoms. The van der Waals surface area contributed by atoms with Gasteiger partial charge in [-0.1, -0.05) is 135 Å². The van der Waals surface area contributed by atoms with E-state index in [1.54, 1.807) is 31.9 Å². The minimum absolute atomic E-state index is 0.124. The van der Waals surface area contributed by atoms with Gasteiger partial charge < -0.3 is 23.4 Å². The molecular formula is C49H71N3O7Si. The Morgan fingerprint density at radius 3 is 1.83 bits per heavy atom. The molecule has 0 unspecified atom stereocenters. The van der Waals surface area contributed by atoms with Crippen molar-refractivity contribution in [1.29, 1.82) is 0 Å². The Morgan fingerprint density at radius 2 is 1.30 bits per heavy atom. The van der Waals surface area contributed by atoms with Crippen molar-refractivity contribution >= 4 is 8.32 Å². The van der Waals surface area contributed by atoms with E-state index >= 15 is 0 Å². The predicted molar refractivity (Wildman–Crippen MR) is 244 cm³/mol. The van der Waals surface area contributed by atoms with Crippen molar-refractivity contribution in [2.75, 3.05) is 47.1 Å². The molecule has 2 atom stereocenters. The summed E-state index contributed by atoms with van der Waals surface area (Å²) in [6, 6.07) is 26.4. The van der Waals surface area contributed by atoms with Gasteiger partial charge in [-0.2, -0.15) is 0 Å². The quantitative estimate of drug-likeness (QED) is 0.0474. The highest BCUT2D eigenvalue weighted by Gasteiger charge is 2.51. The molecule has 328 valence electrons. The van der Waals surface area contributed by atoms with Crippen LogP contribution in [0.2, 0.25) is 16.6 Å². The van der Waals surface area contributed by atoms with Crippen molar-refractivity contribution in [2.24, 2.45) is 0 Å². The highest BCUT2D eigenvalue weighted by molar-refractivity contribution is 6.77. The number of morpholine rings is 1. The number of unbranched alkanes of at least 4 members (excludes halogenated alkanes) is 5. The van der Waals surface area contributed by atoms with E-state index in [-0.39, 0.29) is 13.2 Å². The van der Waals surface area contributed by atoms with E-state index in [0.29, 0.717) is 35.3 Å². The fraction of sp³-hybridized carbons (Fsp3) is 0.551. The molecule has 5 rings (SSSR count). The zero-order valence-corrected chi connectivity index (χ0v) is 38.9. The molecule has 60 heavy (non-hydrogen) atoms. The number of aromatic nitrogens is 2. The average Bonchev–Trinajstić information content (AvgIpc) is 3.24. The van der Waals surface area contributed by atoms with Gasteiger partial charge in [0.15, 0.2) is 14.5 Å². The monoisotopic (exact) mass is 842 g/mol. The number of aromatic amines is 1. The first-order valence-corrected chi connectivity index (χ1v) is 24.2. The first-order valence-electron chi connectivity index (χ1n) is 22.1. The second-order valence-electron chi connectivity index (χ2n) is 17.6. The summed E-state index contributed by atoms with van der Waals surface area (Å²) < 4.78 is 35.3. The van der Waals surface area contributed by atoms with Crippen molar-refractivity contribution in [3.05, 3.63) is 128 Å². The van der Waals surface area contributed by atoms with E-state index in [2.05, 4.69) is 94.7 Å². The first kappa shape index (κ1) is 47.1. The van der Waals surface area contributed by atoms with Crippen LogP contribution < -0.4 is 20.7 Å². The van der Waals surface area contributed by atoms with Crippen molar-refractivity contribution < 1.29 is 23.4 Å². The zero-order chi connectivity index (χ0) is 43.5. The molecule has 0 saturated carbocycles. The molecule has 1 aliphatic heterocycles. The van der Waals surface area contributed by atoms with Crippen LogP contribution in [0.25, 0.3) is 0 Å². The summed E-state index contributed by atoms with van der Waals surface area (Å²) in [4.78, 5) is 31.3. The van der Waals surface area contributed by atoms with Gasteiger partial charge >= 0.3 is 5.69 Å². The maximum Gasteiger partial charge on any atom is 0.330 e. The van der Waals surface area contributed by atoms with Gasteiger partial charge in [-0.3, -0.25) is 19.2 Å². The van der Waals surface area contributed by atoms with Crippen LogP contribution in [0.15, 0.2) is 94.6 Å². The van der Waals surface area contributed by atoms with Gasteiger partial charge in [0.1, 0.15) is 22.7 Å². The molecule has 0 amide bonds. The second-order valence-corrected chi connectivity index (χ2v) is 23.1. The number of hydrogen-bond donors (Lipinski definition) is 1. The summed E-state index contributed by atoms with van der Waals surface area (Å²) in [6.07, 6.45) is 7.91. The Kier molecular flexibility index (Phi) is 16.6. The van der Waals surface area contributed by atoms with E-state index in [1.165, 1.54) is 25.7 Å². The third-order valence-corrected chi connectivity index (χ3v) is 18.7. The summed E-state index contributed by atoms with van der Waals surface area (Å²) in [5.41, 5.74) is 1.16. The van der Waals surface area contributed by atoms with Crippen molar-refractivity contribution in [2.45, 2.75) is 128 Å². The normalized spacial score (nSPS) is 17.8. The molecular weight excluding hydrogens is 771 g/mol. The zero-order valence-electron chi connectivity index (χ0n) is 37.9. The highest BCUT2D eigenvalue weighted by atomic mass is 28.4. The Hall–Kier alpha value is -4.00. The Morgan fingerprint density at radius 1 is 0.767 bits per heavy atom. The van der Waals surface area contributed by atoms with Crippen LogP contribution in [0.3, 0.4) is 0 Å². The smallest absolute Gasteiger partial charge is 0.330 e. The van der Waals surface area contributed by atoms with Crippen molar-refractivity contribution in [3.8, 4) is 11.5 Å². The molecule has 0 aliphatic carbocycles. The molecule has 1 saturated heterocycles. The number of hydrogen-bond acceptors (Lipinski definition) is 8. The Labute approximate surface area is 359 Å². The molecule has 1 fully saturated rings. The number of aryl methyl sites for hydroxylation is 1. The molecule has 1 aliphatic rings. The molecule has 10 nitrogen and oxygen atoms in total. The van der Waals surface area contributed by atoms with Crippen LogP contribution >= 0.6 is 0 Å². The maximum atomic E-state index is 13.7. The van der Waals surface area contributed by atoms with Gasteiger partial charge in [0.2, 0.25) is 0 Å². The molecule has 1 aromatic heterocycles. The summed E-state index contributed by atoms with van der Waals surface area (Å²) >= 11 is 0. The molecule has 1 N–H and O–H groups in total. The van der Waals surface area contributed by atoms with Gasteiger partial charge in [-0.25, -0.2) is 4.79 Å². The third kappa shape index (κ3) is 10.5. The van der Waals surface area contributed by atoms with E-state index in [0.717, 1.165) is 47.6 Å². The van der Waals surface area contributed by atoms with Gasteiger partial charge in [0.25, 0.3) is 5.56 Å². The summed E-state index contributed by atoms with van der Waals surface area (Å²) in [5, 5.41) is 0. The van der Waals surface area contributed by atoms with Gasteiger partial charge in [0.05, 0.1) is 27.4 Å². The summed E-state index contributed by atoms with van der Waals surface area (Å²) in [6.45, 7) is 19.9. The number of methoxy groups -OCH3 is 2. The highest BCUT2D eigenvalue weighted by Crippen LogP contribution is 2.46. The lowest BCUT2D eigenvalue weighted by Gasteiger charge is -2.50. The molecule has 11 heteroatoms. The van der Waals surface area contributed by atoms with Crippen LogP contribution in [-0.4, -0.2) is 75.4 Å². The number of nitrogens with one attached hydrogen (secondary N) is 1. The Balaban J connectivity index is 1.70. The van der Waals surface area contributed by atoms with E-state index in [9.17, 15) is 9.59 Å². The lowest BCUT2D eigenvalue weighted by molar-refractivity contribution is -0.229. The van der Waals surface area contributed by atoms with Crippen LogP contribution in [0.1, 0.15) is 115 Å². The van der Waals surface area contributed by atoms with Crippen LogP contribution in [0.4, 0.5) is 0 Å². The van der Waals surface area contributed by atoms with Crippen molar-refractivity contribution in [1.82, 2.24) is 14.5 Å². The topological polar surface area (TPSA) is 104 Å². The molecule has 2 heterocycles. The van der Waals surface area contributed by atoms with E-state index in [1.807, 2.05) is 42.5 Å². The number of ether oxygens (including phenoxy) is 4. The lowest BCUT2D eigenvalue weighted by atomic mass is 9.79. The van der Waals surface area contributed by atoms with Gasteiger partial charge in [-0.05, 0) is 77.5 Å². The molecule has 4 aromatic rings. The predicted octanol–water partition coefficient (Wildman–Crippen LogP) is 9.99. The number of nitrogens with zero attached hydrogens (tertiary/aromatic N) is 2. The lowest BCUT2D eigenvalue weighted by Crippen LogP contribution is -2.62. The van der Waals surface area contributed by atoms with E-state index in [4.69, 9.17) is 23.4 Å². The van der Waals surface area contributed by atoms with Crippen LogP contribution in [-0.2, 0) is 19.5 Å². The van der Waals surface area contributed by atoms with Gasteiger partial charge in [-0.15, -0.1) is 0 Å². The molecule has 0 spiro atoms. The fourth-order valence-corrected chi connectivity index (χ4v) is 15.1. The average molecular weight is 842 g/mol. The standard InChI is InChI=1S/C49H71N3O7Si/c1-11-12-13-14-15-19-30-51-32-45(52-31-39(8)46(53)50-47(52)54)59-48(33-51,35-58-60(36(2)3,37(4)5)38(6)7)34-57-49(40-20-17-16-18-21-40,41-22-26-43(55-9)27-23-41)42-24-28-44(56-10)29-25-42/h16-18,20-29,31,36-38,45H,11-15,19,30,32-35H2,1-10H3,(H,50,53,54)/t45-,48+/m1/s1. The summed E-state index contributed by atoms with van der Waals surface area (Å²) in [5.74, 6) is 1.48. The molecule has 0 radical (unpaired) electrons. The van der Waals surface area contributed by atoms with Crippen molar-refractivity contribution in [3.63, 3.8) is 0 Å². The molecule has 3 aromatic carbocycles. The minimum Gasteiger partial charge on any atom is -0.497 e. The maximum absolute atomic E-state index is 13.7. The number of H-pyrrole nitrogens is 1. The fourth-order valence-electron chi connectivity index (χ4n) is 9.56. The first-order chi connectivity index (χ1) is 28.7. The summed E-state index contributed by atoms with van der Waals surface area (Å²) in [7, 11) is 0.896.